The monoisotopic (exact) mass is 548 g/mol. The second kappa shape index (κ2) is 12.2. The molecule has 1 aliphatic rings. The lowest BCUT2D eigenvalue weighted by Gasteiger charge is -2.33. The van der Waals surface area contributed by atoms with Crippen molar-refractivity contribution in [3.63, 3.8) is 0 Å². The Morgan fingerprint density at radius 1 is 0.744 bits per heavy atom. The molecule has 1 fully saturated rings. The first kappa shape index (κ1) is 28.7. The van der Waals surface area contributed by atoms with Crippen molar-refractivity contribution in [2.75, 3.05) is 11.4 Å². The third-order valence-corrected chi connectivity index (χ3v) is 7.12. The molecule has 3 nitrogen and oxygen atoms in total. The van der Waals surface area contributed by atoms with Crippen LogP contribution in [0.2, 0.25) is 0 Å². The van der Waals surface area contributed by atoms with Crippen LogP contribution in [-0.2, 0) is 30.1 Å². The molecule has 9 heteroatoms. The number of hydrogen-bond acceptors (Lipinski definition) is 2. The van der Waals surface area contributed by atoms with Crippen LogP contribution in [0.3, 0.4) is 0 Å². The molecule has 0 bridgehead atoms. The molecule has 208 valence electrons. The van der Waals surface area contributed by atoms with E-state index in [1.54, 1.807) is 30.3 Å². The number of rotatable bonds is 8. The molecule has 0 radical (unpaired) electrons. The molecule has 4 rings (SSSR count). The summed E-state index contributed by atoms with van der Waals surface area (Å²) in [4.78, 5) is 15.1. The van der Waals surface area contributed by atoms with Gasteiger partial charge in [0, 0.05) is 30.7 Å². The van der Waals surface area contributed by atoms with Crippen LogP contribution in [0.5, 0.6) is 0 Å². The van der Waals surface area contributed by atoms with Gasteiger partial charge in [0.1, 0.15) is 0 Å². The number of carbonyl (C=O) groups is 1. The molecule has 39 heavy (non-hydrogen) atoms. The van der Waals surface area contributed by atoms with Crippen LogP contribution in [0.25, 0.3) is 0 Å². The van der Waals surface area contributed by atoms with Gasteiger partial charge in [-0.25, -0.2) is 0 Å². The van der Waals surface area contributed by atoms with E-state index in [1.807, 2.05) is 30.3 Å². The molecular formula is C30H30F6N2O. The van der Waals surface area contributed by atoms with Crippen molar-refractivity contribution in [1.82, 2.24) is 5.32 Å². The zero-order valence-electron chi connectivity index (χ0n) is 21.2. The fraction of sp³-hybridized carbons (Fsp3) is 0.367. The molecule has 1 aliphatic carbocycles. The first-order chi connectivity index (χ1) is 18.5. The Morgan fingerprint density at radius 3 is 1.82 bits per heavy atom. The highest BCUT2D eigenvalue weighted by atomic mass is 19.4. The van der Waals surface area contributed by atoms with Crippen molar-refractivity contribution in [2.45, 2.75) is 57.0 Å². The topological polar surface area (TPSA) is 32.3 Å². The van der Waals surface area contributed by atoms with Crippen LogP contribution in [0.15, 0.2) is 78.9 Å². The Kier molecular flexibility index (Phi) is 9.00. The third kappa shape index (κ3) is 7.85. The maximum absolute atomic E-state index is 13.6. The number of benzene rings is 3. The minimum Gasteiger partial charge on any atom is -0.312 e. The normalized spacial score (nSPS) is 18.1. The Hall–Kier alpha value is -3.33. The molecule has 1 amide bonds. The highest BCUT2D eigenvalue weighted by Gasteiger charge is 2.37. The largest absolute Gasteiger partial charge is 0.416 e. The van der Waals surface area contributed by atoms with Gasteiger partial charge in [-0.05, 0) is 73.6 Å². The summed E-state index contributed by atoms with van der Waals surface area (Å²) in [5.74, 6) is -0.432. The van der Waals surface area contributed by atoms with Crippen LogP contribution in [-0.4, -0.2) is 18.5 Å². The Balaban J connectivity index is 1.45. The minimum absolute atomic E-state index is 0.0341. The summed E-state index contributed by atoms with van der Waals surface area (Å²) in [6.07, 6.45) is -7.09. The SMILES string of the molecule is O=C(C1CCC(NCc2ccccc2)CC1)N(CCc1cc(C(F)(F)F)cc(C(F)(F)F)c1)c1ccccc1. The maximum atomic E-state index is 13.6. The van der Waals surface area contributed by atoms with Crippen molar-refractivity contribution >= 4 is 11.6 Å². The van der Waals surface area contributed by atoms with Crippen molar-refractivity contribution in [3.05, 3.63) is 101 Å². The molecule has 0 saturated heterocycles. The molecule has 0 heterocycles. The van der Waals surface area contributed by atoms with E-state index in [2.05, 4.69) is 5.32 Å². The van der Waals surface area contributed by atoms with Crippen molar-refractivity contribution in [1.29, 1.82) is 0 Å². The van der Waals surface area contributed by atoms with E-state index in [0.29, 0.717) is 18.5 Å². The molecular weight excluding hydrogens is 518 g/mol. The van der Waals surface area contributed by atoms with Gasteiger partial charge in [-0.2, -0.15) is 26.3 Å². The highest BCUT2D eigenvalue weighted by Crippen LogP contribution is 2.37. The van der Waals surface area contributed by atoms with E-state index in [4.69, 9.17) is 0 Å². The number of hydrogen-bond donors (Lipinski definition) is 1. The molecule has 3 aromatic rings. The van der Waals surface area contributed by atoms with E-state index >= 15 is 0 Å². The predicted octanol–water partition coefficient (Wildman–Crippen LogP) is 7.65. The van der Waals surface area contributed by atoms with Crippen LogP contribution in [0.4, 0.5) is 32.0 Å². The Morgan fingerprint density at radius 2 is 1.28 bits per heavy atom. The lowest BCUT2D eigenvalue weighted by atomic mass is 9.85. The second-order valence-electron chi connectivity index (χ2n) is 9.90. The summed E-state index contributed by atoms with van der Waals surface area (Å²) in [6.45, 7) is 0.699. The molecule has 0 aliphatic heterocycles. The predicted molar refractivity (Wildman–Crippen MR) is 138 cm³/mol. The van der Waals surface area contributed by atoms with Gasteiger partial charge in [-0.15, -0.1) is 0 Å². The summed E-state index contributed by atoms with van der Waals surface area (Å²) in [5, 5.41) is 3.53. The first-order valence-electron chi connectivity index (χ1n) is 12.9. The van der Waals surface area contributed by atoms with Gasteiger partial charge in [0.25, 0.3) is 0 Å². The Bertz CT molecular complexity index is 1190. The molecule has 1 N–H and O–H groups in total. The van der Waals surface area contributed by atoms with Gasteiger partial charge in [-0.3, -0.25) is 4.79 Å². The fourth-order valence-corrected chi connectivity index (χ4v) is 5.00. The Labute approximate surface area is 223 Å². The van der Waals surface area contributed by atoms with Crippen LogP contribution in [0.1, 0.15) is 47.9 Å². The fourth-order valence-electron chi connectivity index (χ4n) is 5.00. The van der Waals surface area contributed by atoms with Gasteiger partial charge in [0.2, 0.25) is 5.91 Å². The van der Waals surface area contributed by atoms with E-state index in [-0.39, 0.29) is 42.5 Å². The standard InChI is InChI=1S/C30H30F6N2O/c31-29(32,33)24-17-22(18-25(19-24)30(34,35)36)15-16-38(27-9-5-2-6-10-27)28(39)23-11-13-26(14-12-23)37-20-21-7-3-1-4-8-21/h1-10,17-19,23,26,37H,11-16,20H2. The molecule has 0 aromatic heterocycles. The smallest absolute Gasteiger partial charge is 0.312 e. The maximum Gasteiger partial charge on any atom is 0.416 e. The first-order valence-corrected chi connectivity index (χ1v) is 12.9. The van der Waals surface area contributed by atoms with E-state index in [0.717, 1.165) is 31.5 Å². The van der Waals surface area contributed by atoms with Crippen molar-refractivity contribution < 1.29 is 31.1 Å². The lowest BCUT2D eigenvalue weighted by molar-refractivity contribution is -0.143. The van der Waals surface area contributed by atoms with E-state index < -0.39 is 23.5 Å². The van der Waals surface area contributed by atoms with Crippen LogP contribution < -0.4 is 10.2 Å². The molecule has 0 spiro atoms. The van der Waals surface area contributed by atoms with Crippen molar-refractivity contribution in [3.8, 4) is 0 Å². The number of nitrogens with one attached hydrogen (secondary N) is 1. The van der Waals surface area contributed by atoms with Crippen LogP contribution in [0, 0.1) is 5.92 Å². The molecule has 3 aromatic carbocycles. The van der Waals surface area contributed by atoms with E-state index in [9.17, 15) is 31.1 Å². The zero-order valence-corrected chi connectivity index (χ0v) is 21.2. The number of halogens is 6. The van der Waals surface area contributed by atoms with Gasteiger partial charge >= 0.3 is 12.4 Å². The van der Waals surface area contributed by atoms with Gasteiger partial charge < -0.3 is 10.2 Å². The number of anilines is 1. The summed E-state index contributed by atoms with van der Waals surface area (Å²) in [6, 6.07) is 20.6. The number of amides is 1. The quantitative estimate of drug-likeness (QED) is 0.293. The summed E-state index contributed by atoms with van der Waals surface area (Å²) in [5.41, 5.74) is -1.10. The lowest BCUT2D eigenvalue weighted by Crippen LogP contribution is -2.41. The number of alkyl halides is 6. The van der Waals surface area contributed by atoms with Crippen molar-refractivity contribution in [2.24, 2.45) is 5.92 Å². The minimum atomic E-state index is -4.92. The molecule has 0 unspecified atom stereocenters. The number of para-hydroxylation sites is 1. The zero-order chi connectivity index (χ0) is 28.0. The highest BCUT2D eigenvalue weighted by molar-refractivity contribution is 5.95. The summed E-state index contributed by atoms with van der Waals surface area (Å²) in [7, 11) is 0. The average molecular weight is 549 g/mol. The van der Waals surface area contributed by atoms with Gasteiger partial charge in [0.05, 0.1) is 11.1 Å². The summed E-state index contributed by atoms with van der Waals surface area (Å²) >= 11 is 0. The number of nitrogens with zero attached hydrogens (tertiary/aromatic N) is 1. The van der Waals surface area contributed by atoms with Gasteiger partial charge in [0.15, 0.2) is 0 Å². The molecule has 1 saturated carbocycles. The second-order valence-corrected chi connectivity index (χ2v) is 9.90. The average Bonchev–Trinajstić information content (AvgIpc) is 2.92. The van der Waals surface area contributed by atoms with Gasteiger partial charge in [-0.1, -0.05) is 48.5 Å². The van der Waals surface area contributed by atoms with Crippen LogP contribution >= 0.6 is 0 Å². The third-order valence-electron chi connectivity index (χ3n) is 7.12. The molecule has 0 atom stereocenters. The van der Waals surface area contributed by atoms with E-state index in [1.165, 1.54) is 10.5 Å². The summed E-state index contributed by atoms with van der Waals surface area (Å²) < 4.78 is 79.9. The number of carbonyl (C=O) groups excluding carboxylic acids is 1.